The molecule has 0 N–H and O–H groups in total. The summed E-state index contributed by atoms with van der Waals surface area (Å²) in [6.07, 6.45) is 0. The summed E-state index contributed by atoms with van der Waals surface area (Å²) in [4.78, 5) is 30.0. The number of carbonyl (C=O) groups excluding carboxylic acids is 2. The van der Waals surface area contributed by atoms with Crippen LogP contribution in [0.5, 0.6) is 34.5 Å². The lowest BCUT2D eigenvalue weighted by molar-refractivity contribution is 0.0722. The highest BCUT2D eigenvalue weighted by atomic mass is 16.5. The fourth-order valence-corrected chi connectivity index (χ4v) is 8.44. The van der Waals surface area contributed by atoms with Crippen LogP contribution >= 0.6 is 0 Å². The number of hydrogen-bond donors (Lipinski definition) is 0. The summed E-state index contributed by atoms with van der Waals surface area (Å²) in [6, 6.07) is 48.1. The zero-order valence-corrected chi connectivity index (χ0v) is 28.0. The van der Waals surface area contributed by atoms with Crippen LogP contribution in [0.4, 0.5) is 17.1 Å². The normalized spacial score (nSPS) is 13.2. The van der Waals surface area contributed by atoms with Crippen LogP contribution in [0.3, 0.4) is 0 Å². The number of para-hydroxylation sites is 5. The van der Waals surface area contributed by atoms with Crippen LogP contribution in [0, 0.1) is 0 Å². The molecule has 0 aromatic heterocycles. The number of esters is 2. The fraction of sp³-hybridized carbons (Fsp3) is 0. The average Bonchev–Trinajstić information content (AvgIpc) is 3.20. The van der Waals surface area contributed by atoms with Gasteiger partial charge >= 0.3 is 11.9 Å². The van der Waals surface area contributed by atoms with Gasteiger partial charge in [-0.2, -0.15) is 0 Å². The molecule has 0 saturated carbocycles. The fourth-order valence-electron chi connectivity index (χ4n) is 8.44. The van der Waals surface area contributed by atoms with Crippen LogP contribution in [0.15, 0.2) is 152 Å². The molecule has 7 nitrogen and oxygen atoms in total. The number of rotatable bonds is 4. The van der Waals surface area contributed by atoms with Gasteiger partial charge in [-0.05, 0) is 93.4 Å². The first kappa shape index (κ1) is 29.7. The van der Waals surface area contributed by atoms with Gasteiger partial charge in [-0.25, -0.2) is 9.59 Å². The van der Waals surface area contributed by atoms with E-state index in [1.807, 2.05) is 84.9 Å². The van der Waals surface area contributed by atoms with Crippen molar-refractivity contribution in [1.29, 1.82) is 0 Å². The topological polar surface area (TPSA) is 74.3 Å². The summed E-state index contributed by atoms with van der Waals surface area (Å²) in [7, 11) is 0. The minimum absolute atomic E-state index is 0.225. The number of fused-ring (bicyclic) bond motifs is 8. The molecular formula is C44H25B2NO6. The number of anilines is 3. The van der Waals surface area contributed by atoms with Crippen LogP contribution in [0.1, 0.15) is 20.7 Å². The Hall–Kier alpha value is -6.99. The van der Waals surface area contributed by atoms with Crippen LogP contribution < -0.4 is 56.6 Å². The monoisotopic (exact) mass is 685 g/mol. The molecule has 248 valence electrons. The minimum atomic E-state index is -0.506. The van der Waals surface area contributed by atoms with E-state index in [4.69, 9.17) is 18.9 Å². The zero-order valence-electron chi connectivity index (χ0n) is 28.0. The van der Waals surface area contributed by atoms with Gasteiger partial charge in [0.05, 0.1) is 0 Å². The van der Waals surface area contributed by atoms with E-state index in [0.29, 0.717) is 45.6 Å². The number of carbonyl (C=O) groups is 2. The van der Waals surface area contributed by atoms with Crippen molar-refractivity contribution in [3.63, 3.8) is 0 Å². The van der Waals surface area contributed by atoms with Gasteiger partial charge in [0.15, 0.2) is 0 Å². The molecule has 0 aliphatic carbocycles. The summed E-state index contributed by atoms with van der Waals surface area (Å²) < 4.78 is 25.1. The van der Waals surface area contributed by atoms with Gasteiger partial charge in [0, 0.05) is 17.1 Å². The zero-order chi connectivity index (χ0) is 35.2. The van der Waals surface area contributed by atoms with Gasteiger partial charge in [0.25, 0.3) is 13.4 Å². The maximum absolute atomic E-state index is 13.9. The third-order valence-corrected chi connectivity index (χ3v) is 10.6. The van der Waals surface area contributed by atoms with Crippen molar-refractivity contribution in [3.05, 3.63) is 163 Å². The second kappa shape index (κ2) is 11.3. The van der Waals surface area contributed by atoms with Crippen LogP contribution in [-0.2, 0) is 0 Å². The second-order valence-electron chi connectivity index (χ2n) is 13.4. The van der Waals surface area contributed by atoms with E-state index in [1.165, 1.54) is 0 Å². The van der Waals surface area contributed by atoms with E-state index in [-0.39, 0.29) is 13.4 Å². The summed E-state index contributed by atoms with van der Waals surface area (Å²) >= 11 is 0. The molecule has 9 heteroatoms. The van der Waals surface area contributed by atoms with Crippen LogP contribution in [0.25, 0.3) is 0 Å². The largest absolute Gasteiger partial charge is 0.457 e. The number of nitrogens with zero attached hydrogens (tertiary/aromatic N) is 1. The van der Waals surface area contributed by atoms with Gasteiger partial charge in [0.1, 0.15) is 45.6 Å². The Balaban J connectivity index is 1.15. The minimum Gasteiger partial charge on any atom is -0.457 e. The Bertz CT molecular complexity index is 2520. The molecule has 0 radical (unpaired) electrons. The molecule has 7 aromatic carbocycles. The third-order valence-electron chi connectivity index (χ3n) is 10.6. The molecule has 7 aromatic rings. The SMILES string of the molecule is O=C(Oc1ccccc1)c1ccc2c3c1Oc1ccccc1B3c1cccc3c1N2c1ccc(C(=O)Oc2ccccc2)c2c1B3c1ccccc1O2. The molecule has 53 heavy (non-hydrogen) atoms. The lowest BCUT2D eigenvalue weighted by Crippen LogP contribution is -2.66. The van der Waals surface area contributed by atoms with E-state index >= 15 is 0 Å². The number of benzene rings is 7. The highest BCUT2D eigenvalue weighted by Gasteiger charge is 2.50. The first-order valence-corrected chi connectivity index (χ1v) is 17.5. The lowest BCUT2D eigenvalue weighted by Gasteiger charge is -2.46. The maximum atomic E-state index is 13.9. The van der Waals surface area contributed by atoms with Gasteiger partial charge < -0.3 is 23.8 Å². The van der Waals surface area contributed by atoms with Crippen LogP contribution in [-0.4, -0.2) is 25.4 Å². The predicted octanol–water partition coefficient (Wildman–Crippen LogP) is 5.47. The first-order valence-electron chi connectivity index (χ1n) is 17.5. The van der Waals surface area contributed by atoms with E-state index < -0.39 is 11.9 Å². The van der Waals surface area contributed by atoms with Gasteiger partial charge in [-0.15, -0.1) is 0 Å². The van der Waals surface area contributed by atoms with Crippen molar-refractivity contribution in [1.82, 2.24) is 0 Å². The van der Waals surface area contributed by atoms with E-state index in [2.05, 4.69) is 35.2 Å². The molecule has 0 atom stereocenters. The lowest BCUT2D eigenvalue weighted by atomic mass is 9.29. The summed E-state index contributed by atoms with van der Waals surface area (Å²) in [5, 5.41) is 0. The van der Waals surface area contributed by atoms with Gasteiger partial charge in [0.2, 0.25) is 0 Å². The molecule has 11 rings (SSSR count). The molecule has 0 amide bonds. The first-order chi connectivity index (χ1) is 26.1. The molecule has 0 spiro atoms. The summed E-state index contributed by atoms with van der Waals surface area (Å²) in [5.41, 5.74) is 9.41. The number of hydrogen-bond acceptors (Lipinski definition) is 7. The van der Waals surface area contributed by atoms with E-state index in [0.717, 1.165) is 49.8 Å². The van der Waals surface area contributed by atoms with Gasteiger partial charge in [-0.3, -0.25) is 0 Å². The van der Waals surface area contributed by atoms with Crippen molar-refractivity contribution < 1.29 is 28.5 Å². The molecule has 4 heterocycles. The quantitative estimate of drug-likeness (QED) is 0.138. The highest BCUT2D eigenvalue weighted by molar-refractivity contribution is 7.03. The smallest absolute Gasteiger partial charge is 0.347 e. The van der Waals surface area contributed by atoms with Crippen molar-refractivity contribution >= 4 is 75.2 Å². The Labute approximate surface area is 305 Å². The van der Waals surface area contributed by atoms with Crippen molar-refractivity contribution in [3.8, 4) is 34.5 Å². The molecule has 0 unspecified atom stereocenters. The molecule has 0 fully saturated rings. The maximum Gasteiger partial charge on any atom is 0.347 e. The average molecular weight is 685 g/mol. The Morgan fingerprint density at radius 1 is 0.453 bits per heavy atom. The standard InChI is InChI=1S/C44H25B2NO6/c48-43(50-26-12-3-1-4-13-26)28-22-24-34-38-41(28)52-36-20-9-7-16-30(36)45(38)32-18-11-19-33-40(32)47(34)35-25-23-29(44(49)51-27-14-5-2-6-15-27)42-39(35)46(33)31-17-8-10-21-37(31)53-42/h1-25H. The highest BCUT2D eigenvalue weighted by Crippen LogP contribution is 2.45. The van der Waals surface area contributed by atoms with Crippen molar-refractivity contribution in [2.24, 2.45) is 0 Å². The van der Waals surface area contributed by atoms with Crippen molar-refractivity contribution in [2.75, 3.05) is 4.90 Å². The number of ether oxygens (including phenoxy) is 4. The van der Waals surface area contributed by atoms with Gasteiger partial charge in [-0.1, -0.05) is 91.0 Å². The van der Waals surface area contributed by atoms with E-state index in [1.54, 1.807) is 36.4 Å². The van der Waals surface area contributed by atoms with Crippen LogP contribution in [0.2, 0.25) is 0 Å². The molecule has 4 aliphatic rings. The third kappa shape index (κ3) is 4.31. The van der Waals surface area contributed by atoms with Crippen molar-refractivity contribution in [2.45, 2.75) is 0 Å². The van der Waals surface area contributed by atoms with E-state index in [9.17, 15) is 9.59 Å². The Morgan fingerprint density at radius 2 is 0.868 bits per heavy atom. The Kier molecular flexibility index (Phi) is 6.31. The molecule has 0 bridgehead atoms. The summed E-state index contributed by atoms with van der Waals surface area (Å²) in [5.74, 6) is 2.20. The molecule has 4 aliphatic heterocycles. The Morgan fingerprint density at radius 3 is 1.34 bits per heavy atom. The molecular weight excluding hydrogens is 660 g/mol. The second-order valence-corrected chi connectivity index (χ2v) is 13.4. The summed E-state index contributed by atoms with van der Waals surface area (Å²) in [6.45, 7) is -0.450. The molecule has 0 saturated heterocycles. The predicted molar refractivity (Wildman–Crippen MR) is 206 cm³/mol.